The Morgan fingerprint density at radius 2 is 1.83 bits per heavy atom. The topological polar surface area (TPSA) is 27.7 Å². The lowest BCUT2D eigenvalue weighted by atomic mass is 10.3. The van der Waals surface area contributed by atoms with Gasteiger partial charge in [-0.1, -0.05) is 25.6 Å². The van der Waals surface area contributed by atoms with Gasteiger partial charge in [0, 0.05) is 13.5 Å². The molecule has 0 N–H and O–H groups in total. The molecule has 0 aliphatic rings. The van der Waals surface area contributed by atoms with Gasteiger partial charge in [0.1, 0.15) is 14.9 Å². The Labute approximate surface area is 112 Å². The zero-order valence-corrected chi connectivity index (χ0v) is 13.1. The van der Waals surface area contributed by atoms with Crippen LogP contribution in [-0.4, -0.2) is 41.3 Å². The average Bonchev–Trinajstić information content (AvgIpc) is 2.27. The van der Waals surface area contributed by atoms with Gasteiger partial charge in [-0.3, -0.25) is 0 Å². The molecule has 18 heavy (non-hydrogen) atoms. The van der Waals surface area contributed by atoms with E-state index in [1.165, 1.54) is 0 Å². The highest BCUT2D eigenvalue weighted by atomic mass is 28.3. The summed E-state index contributed by atoms with van der Waals surface area (Å²) in [5, 5.41) is 0. The van der Waals surface area contributed by atoms with Crippen LogP contribution in [-0.2, 0) is 14.2 Å². The number of ether oxygens (including phenoxy) is 3. The summed E-state index contributed by atoms with van der Waals surface area (Å²) >= 11 is 0. The lowest BCUT2D eigenvalue weighted by molar-refractivity contribution is -0.0908. The van der Waals surface area contributed by atoms with Gasteiger partial charge >= 0.3 is 0 Å². The van der Waals surface area contributed by atoms with Crippen LogP contribution in [0.4, 0.5) is 0 Å². The molecule has 1 atom stereocenters. The minimum Gasteiger partial charge on any atom is -0.382 e. The van der Waals surface area contributed by atoms with E-state index in [0.29, 0.717) is 19.6 Å². The molecule has 0 heterocycles. The third-order valence-electron chi connectivity index (χ3n) is 1.85. The van der Waals surface area contributed by atoms with Crippen LogP contribution >= 0.6 is 0 Å². The lowest BCUT2D eigenvalue weighted by Crippen LogP contribution is -2.16. The van der Waals surface area contributed by atoms with E-state index in [0.717, 1.165) is 0 Å². The maximum absolute atomic E-state index is 5.42. The van der Waals surface area contributed by atoms with Crippen LogP contribution in [0.3, 0.4) is 0 Å². The van der Waals surface area contributed by atoms with Crippen molar-refractivity contribution in [3.05, 3.63) is 0 Å². The van der Waals surface area contributed by atoms with Crippen LogP contribution in [0.2, 0.25) is 19.6 Å². The van der Waals surface area contributed by atoms with Crippen LogP contribution in [0.1, 0.15) is 13.3 Å². The van der Waals surface area contributed by atoms with Crippen molar-refractivity contribution in [1.82, 2.24) is 0 Å². The first-order valence-corrected chi connectivity index (χ1v) is 9.64. The van der Waals surface area contributed by atoms with E-state index in [4.69, 9.17) is 14.2 Å². The Kier molecular flexibility index (Phi) is 9.73. The highest BCUT2D eigenvalue weighted by Crippen LogP contribution is 1.97. The fourth-order valence-electron chi connectivity index (χ4n) is 0.882. The molecule has 0 saturated carbocycles. The molecule has 0 aliphatic carbocycles. The van der Waals surface area contributed by atoms with Crippen LogP contribution in [0.5, 0.6) is 0 Å². The van der Waals surface area contributed by atoms with Gasteiger partial charge in [-0.15, -0.1) is 5.54 Å². The second-order valence-electron chi connectivity index (χ2n) is 5.00. The van der Waals surface area contributed by atoms with E-state index in [-0.39, 0.29) is 12.9 Å². The molecule has 0 saturated heterocycles. The molecular weight excluding hydrogens is 244 g/mol. The van der Waals surface area contributed by atoms with Crippen molar-refractivity contribution in [2.45, 2.75) is 39.1 Å². The molecule has 0 fully saturated rings. The molecule has 0 bridgehead atoms. The standard InChI is InChI=1S/C14H24O3Si/c1-14(17-13-16-11-10-15-2)9-7-6-8-12-18(3,4)5/h14H,9-11,13H2,1-5H3. The second kappa shape index (κ2) is 10.2. The Morgan fingerprint density at radius 3 is 2.44 bits per heavy atom. The Hall–Kier alpha value is -0.783. The first-order chi connectivity index (χ1) is 8.45. The van der Waals surface area contributed by atoms with Gasteiger partial charge in [-0.25, -0.2) is 0 Å². The summed E-state index contributed by atoms with van der Waals surface area (Å²) in [7, 11) is 0.348. The van der Waals surface area contributed by atoms with E-state index < -0.39 is 8.07 Å². The Bertz CT molecular complexity index is 325. The minimum absolute atomic E-state index is 0.0636. The summed E-state index contributed by atoms with van der Waals surface area (Å²) in [6, 6.07) is 0. The van der Waals surface area contributed by atoms with Crippen molar-refractivity contribution < 1.29 is 14.2 Å². The van der Waals surface area contributed by atoms with Crippen LogP contribution in [0.15, 0.2) is 0 Å². The van der Waals surface area contributed by atoms with E-state index >= 15 is 0 Å². The summed E-state index contributed by atoms with van der Waals surface area (Å²) in [6.07, 6.45) is 0.738. The molecule has 0 rings (SSSR count). The average molecular weight is 268 g/mol. The molecule has 1 unspecified atom stereocenters. The predicted molar refractivity (Wildman–Crippen MR) is 76.8 cm³/mol. The first-order valence-electron chi connectivity index (χ1n) is 6.14. The van der Waals surface area contributed by atoms with Crippen molar-refractivity contribution in [1.29, 1.82) is 0 Å². The van der Waals surface area contributed by atoms with Gasteiger partial charge in [-0.2, -0.15) is 0 Å². The quantitative estimate of drug-likeness (QED) is 0.307. The van der Waals surface area contributed by atoms with Crippen LogP contribution < -0.4 is 0 Å². The number of rotatable bonds is 7. The molecule has 0 amide bonds. The number of hydrogen-bond acceptors (Lipinski definition) is 3. The summed E-state index contributed by atoms with van der Waals surface area (Å²) < 4.78 is 15.5. The molecular formula is C14H24O3Si. The highest BCUT2D eigenvalue weighted by molar-refractivity contribution is 6.83. The van der Waals surface area contributed by atoms with Gasteiger partial charge in [-0.05, 0) is 18.8 Å². The first kappa shape index (κ1) is 17.2. The summed E-state index contributed by atoms with van der Waals surface area (Å²) in [6.45, 7) is 9.99. The van der Waals surface area contributed by atoms with Crippen LogP contribution in [0.25, 0.3) is 0 Å². The minimum atomic E-state index is -1.29. The fraction of sp³-hybridized carbons (Fsp3) is 0.714. The number of hydrogen-bond donors (Lipinski definition) is 0. The van der Waals surface area contributed by atoms with Crippen molar-refractivity contribution in [2.75, 3.05) is 27.1 Å². The maximum Gasteiger partial charge on any atom is 0.147 e. The monoisotopic (exact) mass is 268 g/mol. The van der Waals surface area contributed by atoms with Gasteiger partial charge < -0.3 is 14.2 Å². The fourth-order valence-corrected chi connectivity index (χ4v) is 1.32. The summed E-state index contributed by atoms with van der Waals surface area (Å²) in [4.78, 5) is 0. The summed E-state index contributed by atoms with van der Waals surface area (Å²) in [5.41, 5.74) is 3.20. The summed E-state index contributed by atoms with van der Waals surface area (Å²) in [5.74, 6) is 8.78. The molecule has 102 valence electrons. The van der Waals surface area contributed by atoms with Crippen molar-refractivity contribution in [3.63, 3.8) is 0 Å². The zero-order chi connectivity index (χ0) is 13.9. The Morgan fingerprint density at radius 1 is 1.11 bits per heavy atom. The number of methoxy groups -OCH3 is 1. The Balaban J connectivity index is 3.67. The molecule has 0 aliphatic heterocycles. The molecule has 0 spiro atoms. The van der Waals surface area contributed by atoms with E-state index in [1.54, 1.807) is 7.11 Å². The normalized spacial score (nSPS) is 12.1. The van der Waals surface area contributed by atoms with Crippen molar-refractivity contribution in [3.8, 4) is 23.3 Å². The van der Waals surface area contributed by atoms with Gasteiger partial charge in [0.2, 0.25) is 0 Å². The predicted octanol–water partition coefficient (Wildman–Crippen LogP) is 2.29. The zero-order valence-electron chi connectivity index (χ0n) is 12.1. The third-order valence-corrected chi connectivity index (χ3v) is 2.72. The smallest absolute Gasteiger partial charge is 0.147 e. The van der Waals surface area contributed by atoms with Crippen molar-refractivity contribution in [2.24, 2.45) is 0 Å². The van der Waals surface area contributed by atoms with Crippen LogP contribution in [0, 0.1) is 23.3 Å². The highest BCUT2D eigenvalue weighted by Gasteiger charge is 2.06. The van der Waals surface area contributed by atoms with E-state index in [9.17, 15) is 0 Å². The third kappa shape index (κ3) is 13.3. The van der Waals surface area contributed by atoms with Crippen molar-refractivity contribution >= 4 is 8.07 Å². The van der Waals surface area contributed by atoms with Gasteiger partial charge in [0.05, 0.1) is 19.3 Å². The molecule has 3 nitrogen and oxygen atoms in total. The maximum atomic E-state index is 5.42. The molecule has 4 heteroatoms. The molecule has 0 aromatic rings. The largest absolute Gasteiger partial charge is 0.382 e. The molecule has 0 radical (unpaired) electrons. The van der Waals surface area contributed by atoms with Gasteiger partial charge in [0.25, 0.3) is 0 Å². The lowest BCUT2D eigenvalue weighted by Gasteiger charge is -2.09. The SMILES string of the molecule is COCCOCOC(C)CC#CC#C[Si](C)(C)C. The molecule has 0 aromatic heterocycles. The molecule has 0 aromatic carbocycles. The van der Waals surface area contributed by atoms with E-state index in [2.05, 4.69) is 42.9 Å². The second-order valence-corrected chi connectivity index (χ2v) is 9.75. The van der Waals surface area contributed by atoms with E-state index in [1.807, 2.05) is 6.92 Å². The van der Waals surface area contributed by atoms with Gasteiger partial charge in [0.15, 0.2) is 0 Å².